The molecule has 7 heteroatoms. The maximum atomic E-state index is 11.9. The van der Waals surface area contributed by atoms with Gasteiger partial charge in [-0.3, -0.25) is 9.48 Å². The highest BCUT2D eigenvalue weighted by molar-refractivity contribution is 5.91. The summed E-state index contributed by atoms with van der Waals surface area (Å²) >= 11 is 0. The fourth-order valence-electron chi connectivity index (χ4n) is 1.05. The van der Waals surface area contributed by atoms with Crippen LogP contribution in [-0.4, -0.2) is 21.9 Å². The minimum Gasteiger partial charge on any atom is -0.364 e. The van der Waals surface area contributed by atoms with Crippen LogP contribution >= 0.6 is 0 Å². The topological polar surface area (TPSA) is 60.9 Å². The number of hydrogen-bond acceptors (Lipinski definition) is 2. The highest BCUT2D eigenvalue weighted by Crippen LogP contribution is 2.20. The molecule has 0 spiro atoms. The number of alkyl halides is 3. The zero-order chi connectivity index (χ0) is 10.9. The molecule has 1 aromatic heterocycles. The quantitative estimate of drug-likeness (QED) is 0.772. The summed E-state index contributed by atoms with van der Waals surface area (Å²) in [7, 11) is 1.36. The molecule has 0 aliphatic rings. The number of aromatic nitrogens is 2. The van der Waals surface area contributed by atoms with Gasteiger partial charge in [0.1, 0.15) is 5.69 Å². The van der Waals surface area contributed by atoms with E-state index in [4.69, 9.17) is 5.73 Å². The fraction of sp³-hybridized carbons (Fsp3) is 0.429. The van der Waals surface area contributed by atoms with Gasteiger partial charge < -0.3 is 5.73 Å². The van der Waals surface area contributed by atoms with Crippen molar-refractivity contribution in [3.8, 4) is 0 Å². The van der Waals surface area contributed by atoms with Gasteiger partial charge in [0.05, 0.1) is 12.1 Å². The van der Waals surface area contributed by atoms with Gasteiger partial charge in [-0.25, -0.2) is 0 Å². The first-order valence-corrected chi connectivity index (χ1v) is 3.69. The molecule has 0 saturated heterocycles. The van der Waals surface area contributed by atoms with Gasteiger partial charge in [-0.05, 0) is 6.07 Å². The molecule has 1 heterocycles. The van der Waals surface area contributed by atoms with E-state index in [0.29, 0.717) is 0 Å². The number of halogens is 3. The highest BCUT2D eigenvalue weighted by Gasteiger charge is 2.29. The zero-order valence-corrected chi connectivity index (χ0v) is 7.30. The number of nitrogens with zero attached hydrogens (tertiary/aromatic N) is 2. The highest BCUT2D eigenvalue weighted by atomic mass is 19.4. The summed E-state index contributed by atoms with van der Waals surface area (Å²) in [6.07, 6.45) is -5.49. The summed E-state index contributed by atoms with van der Waals surface area (Å²) in [6.45, 7) is 0. The van der Waals surface area contributed by atoms with Crippen LogP contribution in [0.1, 0.15) is 16.2 Å². The molecule has 0 radical (unpaired) electrons. The Morgan fingerprint density at radius 3 is 2.57 bits per heavy atom. The van der Waals surface area contributed by atoms with Crippen LogP contribution in [0.4, 0.5) is 13.2 Å². The minimum atomic E-state index is -4.33. The van der Waals surface area contributed by atoms with Crippen LogP contribution in [-0.2, 0) is 13.5 Å². The van der Waals surface area contributed by atoms with E-state index in [1.54, 1.807) is 0 Å². The molecule has 0 aliphatic carbocycles. The third-order valence-electron chi connectivity index (χ3n) is 1.56. The molecule has 0 bridgehead atoms. The predicted octanol–water partition coefficient (Wildman–Crippen LogP) is 0.624. The number of carbonyl (C=O) groups excluding carboxylic acids is 1. The van der Waals surface area contributed by atoms with Crippen molar-refractivity contribution < 1.29 is 18.0 Å². The van der Waals surface area contributed by atoms with Crippen LogP contribution in [0.5, 0.6) is 0 Å². The van der Waals surface area contributed by atoms with Gasteiger partial charge in [-0.2, -0.15) is 18.3 Å². The lowest BCUT2D eigenvalue weighted by atomic mass is 10.3. The monoisotopic (exact) mass is 207 g/mol. The molecule has 0 saturated carbocycles. The van der Waals surface area contributed by atoms with Crippen molar-refractivity contribution >= 4 is 5.91 Å². The van der Waals surface area contributed by atoms with Gasteiger partial charge in [-0.15, -0.1) is 0 Å². The van der Waals surface area contributed by atoms with Crippen molar-refractivity contribution in [3.05, 3.63) is 17.5 Å². The Labute approximate surface area is 77.5 Å². The Hall–Kier alpha value is -1.53. The summed E-state index contributed by atoms with van der Waals surface area (Å²) < 4.78 is 36.8. The smallest absolute Gasteiger partial charge is 0.364 e. The van der Waals surface area contributed by atoms with Gasteiger partial charge in [-0.1, -0.05) is 0 Å². The lowest BCUT2D eigenvalue weighted by molar-refractivity contribution is -0.127. The lowest BCUT2D eigenvalue weighted by Gasteiger charge is -2.01. The molecule has 0 aliphatic heterocycles. The first-order valence-electron chi connectivity index (χ1n) is 3.69. The van der Waals surface area contributed by atoms with Crippen LogP contribution in [0.3, 0.4) is 0 Å². The number of nitrogens with two attached hydrogens (primary N) is 1. The van der Waals surface area contributed by atoms with Crippen molar-refractivity contribution in [1.29, 1.82) is 0 Å². The minimum absolute atomic E-state index is 0.0377. The summed E-state index contributed by atoms with van der Waals surface area (Å²) in [4.78, 5) is 10.7. The van der Waals surface area contributed by atoms with Gasteiger partial charge in [0.25, 0.3) is 5.91 Å². The van der Waals surface area contributed by atoms with E-state index < -0.39 is 18.5 Å². The Morgan fingerprint density at radius 2 is 2.21 bits per heavy atom. The molecule has 0 aromatic carbocycles. The van der Waals surface area contributed by atoms with Crippen molar-refractivity contribution in [2.24, 2.45) is 12.8 Å². The summed E-state index contributed by atoms with van der Waals surface area (Å²) in [6, 6.07) is 1.04. The van der Waals surface area contributed by atoms with Crippen molar-refractivity contribution in [3.63, 3.8) is 0 Å². The fourth-order valence-corrected chi connectivity index (χ4v) is 1.05. The molecule has 4 nitrogen and oxygen atoms in total. The van der Waals surface area contributed by atoms with E-state index in [-0.39, 0.29) is 11.4 Å². The van der Waals surface area contributed by atoms with Gasteiger partial charge in [0.2, 0.25) is 0 Å². The van der Waals surface area contributed by atoms with E-state index in [0.717, 1.165) is 10.7 Å². The van der Waals surface area contributed by atoms with Gasteiger partial charge in [0.15, 0.2) is 0 Å². The normalized spacial score (nSPS) is 11.7. The summed E-state index contributed by atoms with van der Waals surface area (Å²) in [5, 5.41) is 3.51. The molecule has 14 heavy (non-hydrogen) atoms. The second-order valence-corrected chi connectivity index (χ2v) is 2.80. The number of amides is 1. The number of rotatable bonds is 2. The first kappa shape index (κ1) is 10.6. The molecule has 0 fully saturated rings. The first-order chi connectivity index (χ1) is 6.29. The average molecular weight is 207 g/mol. The second kappa shape index (κ2) is 3.32. The van der Waals surface area contributed by atoms with E-state index in [2.05, 4.69) is 5.10 Å². The molecule has 78 valence electrons. The summed E-state index contributed by atoms with van der Waals surface area (Å²) in [5.41, 5.74) is 4.66. The van der Waals surface area contributed by atoms with Crippen LogP contribution in [0, 0.1) is 0 Å². The van der Waals surface area contributed by atoms with Crippen LogP contribution in [0.2, 0.25) is 0 Å². The number of hydrogen-bond donors (Lipinski definition) is 1. The Bertz CT molecular complexity index is 356. The molecule has 0 atom stereocenters. The Morgan fingerprint density at radius 1 is 1.64 bits per heavy atom. The Kier molecular flexibility index (Phi) is 2.50. The average Bonchev–Trinajstić information content (AvgIpc) is 2.26. The number of carbonyl (C=O) groups is 1. The lowest BCUT2D eigenvalue weighted by Crippen LogP contribution is -2.15. The van der Waals surface area contributed by atoms with Crippen LogP contribution in [0.15, 0.2) is 6.07 Å². The van der Waals surface area contributed by atoms with E-state index in [9.17, 15) is 18.0 Å². The third-order valence-corrected chi connectivity index (χ3v) is 1.56. The third kappa shape index (κ3) is 2.48. The van der Waals surface area contributed by atoms with Crippen molar-refractivity contribution in [2.75, 3.05) is 0 Å². The Balaban J connectivity index is 2.92. The standard InChI is InChI=1S/C7H8F3N3O/c1-13-5(6(11)14)2-4(12-13)3-7(8,9)10/h2H,3H2,1H3,(H2,11,14). The molecular weight excluding hydrogens is 199 g/mol. The molecule has 1 rings (SSSR count). The maximum absolute atomic E-state index is 11.9. The van der Waals surface area contributed by atoms with Crippen molar-refractivity contribution in [2.45, 2.75) is 12.6 Å². The number of primary amides is 1. The molecule has 1 amide bonds. The maximum Gasteiger partial charge on any atom is 0.394 e. The molecule has 2 N–H and O–H groups in total. The SMILES string of the molecule is Cn1nc(CC(F)(F)F)cc1C(N)=O. The van der Waals surface area contributed by atoms with Crippen LogP contribution in [0.25, 0.3) is 0 Å². The van der Waals surface area contributed by atoms with E-state index in [1.807, 2.05) is 0 Å². The molecule has 1 aromatic rings. The van der Waals surface area contributed by atoms with E-state index in [1.165, 1.54) is 7.05 Å². The number of aryl methyl sites for hydroxylation is 1. The van der Waals surface area contributed by atoms with E-state index >= 15 is 0 Å². The molecular formula is C7H8F3N3O. The zero-order valence-electron chi connectivity index (χ0n) is 7.30. The van der Waals surface area contributed by atoms with Crippen LogP contribution < -0.4 is 5.73 Å². The second-order valence-electron chi connectivity index (χ2n) is 2.80. The van der Waals surface area contributed by atoms with Gasteiger partial charge in [0, 0.05) is 7.05 Å². The molecule has 0 unspecified atom stereocenters. The predicted molar refractivity (Wildman–Crippen MR) is 41.5 cm³/mol. The summed E-state index contributed by atoms with van der Waals surface area (Å²) in [5.74, 6) is -0.798. The largest absolute Gasteiger partial charge is 0.394 e. The van der Waals surface area contributed by atoms with Gasteiger partial charge >= 0.3 is 6.18 Å². The van der Waals surface area contributed by atoms with Crippen molar-refractivity contribution in [1.82, 2.24) is 9.78 Å².